The Labute approximate surface area is 134 Å². The van der Waals surface area contributed by atoms with Gasteiger partial charge in [-0.15, -0.1) is 0 Å². The average Bonchev–Trinajstić information content (AvgIpc) is 2.55. The quantitative estimate of drug-likeness (QED) is 0.920. The molecular formula is C18H17NO4. The van der Waals surface area contributed by atoms with Crippen molar-refractivity contribution in [1.82, 2.24) is 4.90 Å². The molecule has 2 aromatic carbocycles. The first-order valence-electron chi connectivity index (χ1n) is 7.16. The summed E-state index contributed by atoms with van der Waals surface area (Å²) in [6.45, 7) is 1.20. The second kappa shape index (κ2) is 7.35. The van der Waals surface area contributed by atoms with Gasteiger partial charge in [-0.3, -0.25) is 14.5 Å². The Morgan fingerprint density at radius 3 is 1.96 bits per heavy atom. The molecule has 0 unspecified atom stereocenters. The first-order valence-corrected chi connectivity index (χ1v) is 7.16. The zero-order valence-corrected chi connectivity index (χ0v) is 12.7. The summed E-state index contributed by atoms with van der Waals surface area (Å²) in [5.74, 6) is -2.42. The van der Waals surface area contributed by atoms with E-state index in [1.807, 2.05) is 6.07 Å². The van der Waals surface area contributed by atoms with Crippen LogP contribution in [0.5, 0.6) is 0 Å². The van der Waals surface area contributed by atoms with Crippen LogP contribution in [0.3, 0.4) is 0 Å². The molecule has 2 amide bonds. The van der Waals surface area contributed by atoms with Crippen LogP contribution in [-0.4, -0.2) is 33.8 Å². The fourth-order valence-electron chi connectivity index (χ4n) is 2.35. The van der Waals surface area contributed by atoms with E-state index in [1.54, 1.807) is 54.6 Å². The molecule has 0 spiro atoms. The summed E-state index contributed by atoms with van der Waals surface area (Å²) in [4.78, 5) is 37.0. The van der Waals surface area contributed by atoms with E-state index >= 15 is 0 Å². The van der Waals surface area contributed by atoms with Gasteiger partial charge in [-0.05, 0) is 17.7 Å². The van der Waals surface area contributed by atoms with Crippen molar-refractivity contribution in [1.29, 1.82) is 0 Å². The number of hydrogen-bond donors (Lipinski definition) is 1. The fraction of sp³-hybridized carbons (Fsp3) is 0.167. The molecule has 0 aliphatic carbocycles. The van der Waals surface area contributed by atoms with Gasteiger partial charge in [0.15, 0.2) is 0 Å². The van der Waals surface area contributed by atoms with Crippen molar-refractivity contribution in [3.8, 4) is 0 Å². The monoisotopic (exact) mass is 311 g/mol. The van der Waals surface area contributed by atoms with Crippen LogP contribution in [-0.2, 0) is 16.0 Å². The van der Waals surface area contributed by atoms with Crippen molar-refractivity contribution in [2.24, 2.45) is 0 Å². The molecule has 0 heterocycles. The molecule has 0 radical (unpaired) electrons. The number of carbonyl (C=O) groups excluding carboxylic acids is 2. The molecule has 5 nitrogen and oxygen atoms in total. The topological polar surface area (TPSA) is 74.7 Å². The summed E-state index contributed by atoms with van der Waals surface area (Å²) in [6.07, 6.45) is 0.0638. The van der Waals surface area contributed by atoms with E-state index in [0.29, 0.717) is 0 Å². The lowest BCUT2D eigenvalue weighted by molar-refractivity contribution is -0.147. The Morgan fingerprint density at radius 2 is 1.48 bits per heavy atom. The molecule has 0 aliphatic heterocycles. The third-order valence-electron chi connectivity index (χ3n) is 3.45. The normalized spacial score (nSPS) is 11.5. The summed E-state index contributed by atoms with van der Waals surface area (Å²) in [5, 5.41) is 9.50. The van der Waals surface area contributed by atoms with Crippen molar-refractivity contribution in [2.75, 3.05) is 0 Å². The van der Waals surface area contributed by atoms with E-state index in [-0.39, 0.29) is 12.0 Å². The highest BCUT2D eigenvalue weighted by atomic mass is 16.4. The van der Waals surface area contributed by atoms with E-state index < -0.39 is 23.8 Å². The standard InChI is InChI=1S/C18H17NO4/c1-13(20)19(17(21)15-10-6-3-7-11-15)16(18(22)23)12-14-8-4-2-5-9-14/h2-11,16H,12H2,1H3,(H,22,23)/t16-/m0/s1. The zero-order chi connectivity index (χ0) is 16.8. The van der Waals surface area contributed by atoms with Crippen molar-refractivity contribution >= 4 is 17.8 Å². The van der Waals surface area contributed by atoms with E-state index in [0.717, 1.165) is 10.5 Å². The Morgan fingerprint density at radius 1 is 0.957 bits per heavy atom. The lowest BCUT2D eigenvalue weighted by atomic mass is 10.0. The lowest BCUT2D eigenvalue weighted by Gasteiger charge is -2.26. The molecule has 2 rings (SSSR count). The highest BCUT2D eigenvalue weighted by Crippen LogP contribution is 2.14. The Kier molecular flexibility index (Phi) is 5.25. The van der Waals surface area contributed by atoms with Gasteiger partial charge >= 0.3 is 5.97 Å². The number of rotatable bonds is 5. The molecule has 1 atom stereocenters. The molecule has 23 heavy (non-hydrogen) atoms. The van der Waals surface area contributed by atoms with Gasteiger partial charge in [0.1, 0.15) is 6.04 Å². The number of amides is 2. The van der Waals surface area contributed by atoms with Gasteiger partial charge in [-0.1, -0.05) is 48.5 Å². The second-order valence-corrected chi connectivity index (χ2v) is 5.10. The minimum atomic E-state index is -1.25. The Balaban J connectivity index is 2.34. The summed E-state index contributed by atoms with van der Waals surface area (Å²) >= 11 is 0. The number of carboxylic acid groups (broad SMARTS) is 1. The second-order valence-electron chi connectivity index (χ2n) is 5.10. The molecule has 5 heteroatoms. The highest BCUT2D eigenvalue weighted by molar-refractivity contribution is 6.06. The minimum absolute atomic E-state index is 0.0638. The van der Waals surface area contributed by atoms with Gasteiger partial charge in [0.05, 0.1) is 0 Å². The van der Waals surface area contributed by atoms with Crippen molar-refractivity contribution in [2.45, 2.75) is 19.4 Å². The van der Waals surface area contributed by atoms with Crippen molar-refractivity contribution in [3.05, 3.63) is 71.8 Å². The Bertz CT molecular complexity index is 697. The summed E-state index contributed by atoms with van der Waals surface area (Å²) < 4.78 is 0. The molecule has 0 aliphatic rings. The van der Waals surface area contributed by atoms with Crippen LogP contribution >= 0.6 is 0 Å². The third-order valence-corrected chi connectivity index (χ3v) is 3.45. The lowest BCUT2D eigenvalue weighted by Crippen LogP contribution is -2.49. The number of carboxylic acids is 1. The van der Waals surface area contributed by atoms with Gasteiger partial charge in [0.25, 0.3) is 5.91 Å². The molecule has 118 valence electrons. The van der Waals surface area contributed by atoms with Crippen molar-refractivity contribution in [3.63, 3.8) is 0 Å². The average molecular weight is 311 g/mol. The first kappa shape index (κ1) is 16.4. The van der Waals surface area contributed by atoms with Crippen LogP contribution in [0, 0.1) is 0 Å². The number of benzene rings is 2. The zero-order valence-electron chi connectivity index (χ0n) is 12.7. The largest absolute Gasteiger partial charge is 0.480 e. The number of imide groups is 1. The van der Waals surface area contributed by atoms with E-state index in [9.17, 15) is 19.5 Å². The predicted molar refractivity (Wildman–Crippen MR) is 84.9 cm³/mol. The number of hydrogen-bond acceptors (Lipinski definition) is 3. The fourth-order valence-corrected chi connectivity index (χ4v) is 2.35. The SMILES string of the molecule is CC(=O)N(C(=O)c1ccccc1)[C@@H](Cc1ccccc1)C(=O)O. The number of aliphatic carboxylic acids is 1. The smallest absolute Gasteiger partial charge is 0.327 e. The molecular weight excluding hydrogens is 294 g/mol. The predicted octanol–water partition coefficient (Wildman–Crippen LogP) is 2.37. The maximum Gasteiger partial charge on any atom is 0.327 e. The van der Waals surface area contributed by atoms with Crippen LogP contribution in [0.15, 0.2) is 60.7 Å². The number of nitrogens with zero attached hydrogens (tertiary/aromatic N) is 1. The molecule has 0 saturated carbocycles. The van der Waals surface area contributed by atoms with Gasteiger partial charge in [0.2, 0.25) is 5.91 Å². The number of carbonyl (C=O) groups is 3. The molecule has 0 saturated heterocycles. The van der Waals surface area contributed by atoms with E-state index in [2.05, 4.69) is 0 Å². The maximum atomic E-state index is 12.6. The summed E-state index contributed by atoms with van der Waals surface area (Å²) in [5.41, 5.74) is 1.02. The molecule has 0 aromatic heterocycles. The van der Waals surface area contributed by atoms with Gasteiger partial charge in [-0.2, -0.15) is 0 Å². The van der Waals surface area contributed by atoms with Crippen LogP contribution in [0.25, 0.3) is 0 Å². The maximum absolute atomic E-state index is 12.6. The van der Waals surface area contributed by atoms with Gasteiger partial charge < -0.3 is 5.11 Å². The molecule has 0 fully saturated rings. The third kappa shape index (κ3) is 4.03. The molecule has 0 bridgehead atoms. The Hall–Kier alpha value is -2.95. The van der Waals surface area contributed by atoms with Crippen molar-refractivity contribution < 1.29 is 19.5 Å². The van der Waals surface area contributed by atoms with Gasteiger partial charge in [-0.25, -0.2) is 4.79 Å². The first-order chi connectivity index (χ1) is 11.0. The minimum Gasteiger partial charge on any atom is -0.480 e. The summed E-state index contributed by atoms with van der Waals surface area (Å²) in [7, 11) is 0. The molecule has 2 aromatic rings. The summed E-state index contributed by atoms with van der Waals surface area (Å²) in [6, 6.07) is 15.8. The molecule has 1 N–H and O–H groups in total. The van der Waals surface area contributed by atoms with Crippen LogP contribution in [0.2, 0.25) is 0 Å². The van der Waals surface area contributed by atoms with Crippen LogP contribution < -0.4 is 0 Å². The van der Waals surface area contributed by atoms with E-state index in [4.69, 9.17) is 0 Å². The van der Waals surface area contributed by atoms with Gasteiger partial charge in [0, 0.05) is 18.9 Å². The van der Waals surface area contributed by atoms with Crippen LogP contribution in [0.1, 0.15) is 22.8 Å². The van der Waals surface area contributed by atoms with Crippen LogP contribution in [0.4, 0.5) is 0 Å². The highest BCUT2D eigenvalue weighted by Gasteiger charge is 2.33. The van der Waals surface area contributed by atoms with E-state index in [1.165, 1.54) is 6.92 Å².